The molecule has 1 amide bonds. The molecule has 1 aliphatic rings. The van der Waals surface area contributed by atoms with E-state index in [4.69, 9.17) is 4.98 Å². The van der Waals surface area contributed by atoms with Crippen molar-refractivity contribution in [1.29, 1.82) is 5.26 Å². The summed E-state index contributed by atoms with van der Waals surface area (Å²) in [4.78, 5) is 21.1. The van der Waals surface area contributed by atoms with Crippen LogP contribution in [0, 0.1) is 23.0 Å². The largest absolute Gasteiger partial charge is 0.354 e. The number of rotatable bonds is 3. The monoisotopic (exact) mass is 420 g/mol. The lowest BCUT2D eigenvalue weighted by Gasteiger charge is -2.24. The quantitative estimate of drug-likeness (QED) is 0.634. The van der Waals surface area contributed by atoms with Crippen molar-refractivity contribution in [1.82, 2.24) is 9.88 Å². The Morgan fingerprint density at radius 3 is 2.68 bits per heavy atom. The number of fused-ring (bicyclic) bond motifs is 1. The van der Waals surface area contributed by atoms with Gasteiger partial charge in [-0.05, 0) is 48.7 Å². The number of hydrogen-bond donors (Lipinski definition) is 0. The number of hydrogen-bond acceptors (Lipinski definition) is 4. The van der Waals surface area contributed by atoms with E-state index >= 15 is 0 Å². The first-order valence-corrected chi connectivity index (χ1v) is 10.3. The molecule has 0 aliphatic carbocycles. The number of aromatic nitrogens is 1. The standard InChI is InChI=1S/C24H22F2N4O/c1-2-16-4-7-22-17(12-16)13-18(15-27)23(28-22)29-8-3-9-30(11-10-29)24(31)20-6-5-19(25)14-21(20)26/h4-7,12-14H,2-3,8-11H2,1H3. The maximum Gasteiger partial charge on any atom is 0.256 e. The summed E-state index contributed by atoms with van der Waals surface area (Å²) in [5.74, 6) is -1.44. The van der Waals surface area contributed by atoms with Crippen LogP contribution >= 0.6 is 0 Å². The van der Waals surface area contributed by atoms with Gasteiger partial charge in [-0.2, -0.15) is 5.26 Å². The first-order chi connectivity index (χ1) is 15.0. The maximum absolute atomic E-state index is 14.1. The molecule has 1 aromatic heterocycles. The SMILES string of the molecule is CCc1ccc2nc(N3CCCN(C(=O)c4ccc(F)cc4F)CC3)c(C#N)cc2c1. The fourth-order valence-electron chi connectivity index (χ4n) is 3.92. The third kappa shape index (κ3) is 4.19. The highest BCUT2D eigenvalue weighted by Crippen LogP contribution is 2.25. The lowest BCUT2D eigenvalue weighted by atomic mass is 10.1. The van der Waals surface area contributed by atoms with Crippen molar-refractivity contribution in [2.24, 2.45) is 0 Å². The van der Waals surface area contributed by atoms with Gasteiger partial charge in [-0.25, -0.2) is 13.8 Å². The smallest absolute Gasteiger partial charge is 0.256 e. The Kier molecular flexibility index (Phi) is 5.81. The van der Waals surface area contributed by atoms with E-state index in [9.17, 15) is 18.8 Å². The van der Waals surface area contributed by atoms with E-state index in [0.717, 1.165) is 29.5 Å². The molecule has 0 N–H and O–H groups in total. The minimum absolute atomic E-state index is 0.136. The van der Waals surface area contributed by atoms with Crippen LogP contribution in [0.15, 0.2) is 42.5 Å². The Hall–Kier alpha value is -3.53. The second kappa shape index (κ2) is 8.68. The molecule has 1 aliphatic heterocycles. The number of nitriles is 1. The molecule has 158 valence electrons. The third-order valence-electron chi connectivity index (χ3n) is 5.63. The van der Waals surface area contributed by atoms with Crippen LogP contribution in [0.5, 0.6) is 0 Å². The normalized spacial score (nSPS) is 14.4. The van der Waals surface area contributed by atoms with Crippen LogP contribution in [0.25, 0.3) is 10.9 Å². The molecule has 2 aromatic carbocycles. The predicted molar refractivity (Wildman–Crippen MR) is 115 cm³/mol. The number of nitrogens with zero attached hydrogens (tertiary/aromatic N) is 4. The number of anilines is 1. The maximum atomic E-state index is 14.1. The molecule has 0 spiro atoms. The number of carbonyl (C=O) groups is 1. The van der Waals surface area contributed by atoms with Crippen LogP contribution in [0.2, 0.25) is 0 Å². The van der Waals surface area contributed by atoms with Crippen LogP contribution in [0.4, 0.5) is 14.6 Å². The fourth-order valence-corrected chi connectivity index (χ4v) is 3.92. The Balaban J connectivity index is 1.57. The van der Waals surface area contributed by atoms with Crippen LogP contribution in [0.1, 0.15) is 34.8 Å². The number of amides is 1. The fraction of sp³-hybridized carbons (Fsp3) is 0.292. The van der Waals surface area contributed by atoms with Crippen LogP contribution < -0.4 is 4.90 Å². The summed E-state index contributed by atoms with van der Waals surface area (Å²) in [6.07, 6.45) is 1.55. The van der Waals surface area contributed by atoms with Gasteiger partial charge in [0.2, 0.25) is 0 Å². The molecule has 1 fully saturated rings. The van der Waals surface area contributed by atoms with Crippen molar-refractivity contribution < 1.29 is 13.6 Å². The van der Waals surface area contributed by atoms with Gasteiger partial charge in [0.25, 0.3) is 5.91 Å². The lowest BCUT2D eigenvalue weighted by molar-refractivity contribution is 0.0762. The summed E-state index contributed by atoms with van der Waals surface area (Å²) in [6.45, 7) is 3.97. The van der Waals surface area contributed by atoms with Gasteiger partial charge in [-0.15, -0.1) is 0 Å². The summed E-state index contributed by atoms with van der Waals surface area (Å²) < 4.78 is 27.2. The summed E-state index contributed by atoms with van der Waals surface area (Å²) in [5, 5.41) is 10.6. The zero-order chi connectivity index (χ0) is 22.0. The summed E-state index contributed by atoms with van der Waals surface area (Å²) in [6, 6.07) is 13.1. The molecule has 0 atom stereocenters. The van der Waals surface area contributed by atoms with Crippen molar-refractivity contribution in [3.05, 3.63) is 70.8 Å². The van der Waals surface area contributed by atoms with Gasteiger partial charge in [0.05, 0.1) is 16.6 Å². The van der Waals surface area contributed by atoms with E-state index in [1.165, 1.54) is 11.6 Å². The molecule has 0 radical (unpaired) electrons. The highest BCUT2D eigenvalue weighted by atomic mass is 19.1. The highest BCUT2D eigenvalue weighted by Gasteiger charge is 2.24. The topological polar surface area (TPSA) is 60.2 Å². The first kappa shape index (κ1) is 20.7. The molecule has 5 nitrogen and oxygen atoms in total. The van der Waals surface area contributed by atoms with Gasteiger partial charge >= 0.3 is 0 Å². The van der Waals surface area contributed by atoms with Crippen LogP contribution in [0.3, 0.4) is 0 Å². The molecular formula is C24H22F2N4O. The number of halogens is 2. The Labute approximate surface area is 179 Å². The third-order valence-corrected chi connectivity index (χ3v) is 5.63. The first-order valence-electron chi connectivity index (χ1n) is 10.3. The minimum atomic E-state index is -0.861. The Morgan fingerprint density at radius 2 is 1.94 bits per heavy atom. The summed E-state index contributed by atoms with van der Waals surface area (Å²) >= 11 is 0. The van der Waals surface area contributed by atoms with E-state index in [1.54, 1.807) is 4.90 Å². The average Bonchev–Trinajstić information content (AvgIpc) is 3.03. The number of carbonyl (C=O) groups excluding carboxylic acids is 1. The summed E-state index contributed by atoms with van der Waals surface area (Å²) in [5.41, 5.74) is 2.35. The number of aryl methyl sites for hydroxylation is 1. The van der Waals surface area contributed by atoms with Crippen molar-refractivity contribution in [2.45, 2.75) is 19.8 Å². The van der Waals surface area contributed by atoms with Crippen molar-refractivity contribution >= 4 is 22.6 Å². The number of pyridine rings is 1. The van der Waals surface area contributed by atoms with Crippen molar-refractivity contribution in [3.63, 3.8) is 0 Å². The molecule has 0 bridgehead atoms. The van der Waals surface area contributed by atoms with E-state index in [-0.39, 0.29) is 5.56 Å². The molecule has 2 heterocycles. The van der Waals surface area contributed by atoms with Gasteiger partial charge in [0, 0.05) is 37.6 Å². The average molecular weight is 420 g/mol. The number of benzene rings is 2. The molecule has 31 heavy (non-hydrogen) atoms. The van der Waals surface area contributed by atoms with E-state index in [0.29, 0.717) is 44.0 Å². The van der Waals surface area contributed by atoms with Gasteiger partial charge in [0.15, 0.2) is 0 Å². The molecule has 3 aromatic rings. The van der Waals surface area contributed by atoms with Gasteiger partial charge < -0.3 is 9.80 Å². The van der Waals surface area contributed by atoms with Crippen molar-refractivity contribution in [2.75, 3.05) is 31.1 Å². The molecule has 0 saturated carbocycles. The molecule has 7 heteroatoms. The Morgan fingerprint density at radius 1 is 1.10 bits per heavy atom. The highest BCUT2D eigenvalue weighted by molar-refractivity contribution is 5.94. The van der Waals surface area contributed by atoms with Gasteiger partial charge in [-0.3, -0.25) is 4.79 Å². The zero-order valence-corrected chi connectivity index (χ0v) is 17.2. The van der Waals surface area contributed by atoms with E-state index in [2.05, 4.69) is 13.0 Å². The van der Waals surface area contributed by atoms with Gasteiger partial charge in [0.1, 0.15) is 23.5 Å². The second-order valence-corrected chi connectivity index (χ2v) is 7.61. The lowest BCUT2D eigenvalue weighted by Crippen LogP contribution is -2.36. The van der Waals surface area contributed by atoms with Gasteiger partial charge in [-0.1, -0.05) is 13.0 Å². The minimum Gasteiger partial charge on any atom is -0.354 e. The summed E-state index contributed by atoms with van der Waals surface area (Å²) in [7, 11) is 0. The molecule has 0 unspecified atom stereocenters. The van der Waals surface area contributed by atoms with Crippen molar-refractivity contribution in [3.8, 4) is 6.07 Å². The molecule has 4 rings (SSSR count). The zero-order valence-electron chi connectivity index (χ0n) is 17.2. The molecule has 1 saturated heterocycles. The van der Waals surface area contributed by atoms with E-state index in [1.807, 2.05) is 29.2 Å². The Bertz CT molecular complexity index is 1190. The van der Waals surface area contributed by atoms with Crippen LogP contribution in [-0.2, 0) is 6.42 Å². The van der Waals surface area contributed by atoms with Crippen LogP contribution in [-0.4, -0.2) is 42.0 Å². The predicted octanol–water partition coefficient (Wildman–Crippen LogP) is 4.30. The second-order valence-electron chi connectivity index (χ2n) is 7.61. The van der Waals surface area contributed by atoms with E-state index < -0.39 is 17.5 Å². The molecular weight excluding hydrogens is 398 g/mol.